The molecule has 0 aliphatic heterocycles. The Morgan fingerprint density at radius 2 is 2.36 bits per heavy atom. The quantitative estimate of drug-likeness (QED) is 0.885. The molecule has 1 aliphatic carbocycles. The first-order valence-corrected chi connectivity index (χ1v) is 6.85. The average molecular weight is 274 g/mol. The van der Waals surface area contributed by atoms with Crippen LogP contribution in [0.4, 0.5) is 0 Å². The summed E-state index contributed by atoms with van der Waals surface area (Å²) in [4.78, 5) is 3.09. The van der Waals surface area contributed by atoms with E-state index in [1.807, 2.05) is 18.4 Å². The van der Waals surface area contributed by atoms with Crippen LogP contribution in [0.25, 0.3) is 0 Å². The Labute approximate surface area is 98.0 Å². The Kier molecular flexibility index (Phi) is 3.63. The zero-order chi connectivity index (χ0) is 9.97. The van der Waals surface area contributed by atoms with Gasteiger partial charge in [0.2, 0.25) is 0 Å². The summed E-state index contributed by atoms with van der Waals surface area (Å²) in [7, 11) is 2.01. The zero-order valence-corrected chi connectivity index (χ0v) is 10.9. The van der Waals surface area contributed by atoms with Gasteiger partial charge in [-0.3, -0.25) is 0 Å². The largest absolute Gasteiger partial charge is 0.319 e. The fraction of sp³-hybridized carbons (Fsp3) is 0.636. The van der Waals surface area contributed by atoms with E-state index in [1.54, 1.807) is 4.88 Å². The third-order valence-corrected chi connectivity index (χ3v) is 5.14. The van der Waals surface area contributed by atoms with E-state index in [0.29, 0.717) is 0 Å². The number of hydrogen-bond acceptors (Lipinski definition) is 2. The van der Waals surface area contributed by atoms with Gasteiger partial charge in [0.05, 0.1) is 0 Å². The number of nitrogens with one attached hydrogen (secondary N) is 1. The van der Waals surface area contributed by atoms with Crippen LogP contribution in [-0.2, 0) is 6.42 Å². The molecule has 1 fully saturated rings. The van der Waals surface area contributed by atoms with Gasteiger partial charge in [-0.1, -0.05) is 6.42 Å². The van der Waals surface area contributed by atoms with E-state index in [4.69, 9.17) is 0 Å². The minimum Gasteiger partial charge on any atom is -0.319 e. The molecule has 0 saturated heterocycles. The molecule has 1 aromatic rings. The zero-order valence-electron chi connectivity index (χ0n) is 8.48. The van der Waals surface area contributed by atoms with E-state index in [2.05, 4.69) is 27.3 Å². The first-order valence-electron chi connectivity index (χ1n) is 5.24. The monoisotopic (exact) mass is 273 g/mol. The number of hydrogen-bond donors (Lipinski definition) is 1. The molecule has 1 heterocycles. The van der Waals surface area contributed by atoms with E-state index in [9.17, 15) is 0 Å². The second-order valence-corrected chi connectivity index (χ2v) is 5.93. The highest BCUT2D eigenvalue weighted by Crippen LogP contribution is 2.43. The third-order valence-electron chi connectivity index (χ3n) is 2.86. The average Bonchev–Trinajstić information content (AvgIpc) is 2.42. The summed E-state index contributed by atoms with van der Waals surface area (Å²) in [5, 5.41) is 3.19. The van der Waals surface area contributed by atoms with E-state index >= 15 is 0 Å². The Hall–Kier alpha value is 0.140. The molecule has 3 heteroatoms. The lowest BCUT2D eigenvalue weighted by molar-refractivity contribution is 0.424. The van der Waals surface area contributed by atoms with E-state index in [1.165, 1.54) is 28.6 Å². The second kappa shape index (κ2) is 4.77. The molecule has 0 bridgehead atoms. The topological polar surface area (TPSA) is 12.0 Å². The lowest BCUT2D eigenvalue weighted by Crippen LogP contribution is -2.09. The molecule has 0 unspecified atom stereocenters. The summed E-state index contributed by atoms with van der Waals surface area (Å²) in [6.07, 6.45) is 5.36. The fourth-order valence-corrected chi connectivity index (χ4v) is 3.97. The summed E-state index contributed by atoms with van der Waals surface area (Å²) >= 11 is 5.67. The first kappa shape index (κ1) is 10.7. The first-order chi connectivity index (χ1) is 6.81. The van der Waals surface area contributed by atoms with E-state index < -0.39 is 0 Å². The maximum absolute atomic E-state index is 3.67. The number of thiophene rings is 1. The van der Waals surface area contributed by atoms with Crippen LogP contribution in [0.3, 0.4) is 0 Å². The van der Waals surface area contributed by atoms with Gasteiger partial charge in [0, 0.05) is 14.2 Å². The van der Waals surface area contributed by atoms with Crippen LogP contribution in [0.15, 0.2) is 10.5 Å². The van der Waals surface area contributed by atoms with Crippen LogP contribution in [0.5, 0.6) is 0 Å². The van der Waals surface area contributed by atoms with Crippen molar-refractivity contribution < 1.29 is 0 Å². The van der Waals surface area contributed by atoms with Gasteiger partial charge in [-0.25, -0.2) is 0 Å². The molecule has 1 N–H and O–H groups in total. The van der Waals surface area contributed by atoms with Gasteiger partial charge < -0.3 is 5.32 Å². The van der Waals surface area contributed by atoms with Gasteiger partial charge in [0.25, 0.3) is 0 Å². The molecular weight excluding hydrogens is 258 g/mol. The molecule has 0 spiro atoms. The predicted octanol–water partition coefficient (Wildman–Crippen LogP) is 3.54. The molecule has 0 aromatic carbocycles. The Morgan fingerprint density at radius 1 is 1.57 bits per heavy atom. The standard InChI is InChI=1S/C11H16BrNS/c1-13-6-5-9-7-10(12)11(14-9)8-3-2-4-8/h7-8,13H,2-6H2,1H3. The van der Waals surface area contributed by atoms with Crippen LogP contribution >= 0.6 is 27.3 Å². The van der Waals surface area contributed by atoms with Crippen LogP contribution < -0.4 is 5.32 Å². The molecule has 1 nitrogen and oxygen atoms in total. The highest BCUT2D eigenvalue weighted by molar-refractivity contribution is 9.10. The molecule has 14 heavy (non-hydrogen) atoms. The maximum Gasteiger partial charge on any atom is 0.0320 e. The molecule has 1 saturated carbocycles. The normalized spacial score (nSPS) is 17.0. The van der Waals surface area contributed by atoms with Crippen molar-refractivity contribution in [2.75, 3.05) is 13.6 Å². The summed E-state index contributed by atoms with van der Waals surface area (Å²) in [6, 6.07) is 2.30. The summed E-state index contributed by atoms with van der Waals surface area (Å²) in [5.41, 5.74) is 0. The molecule has 2 rings (SSSR count). The lowest BCUT2D eigenvalue weighted by atomic mass is 9.84. The van der Waals surface area contributed by atoms with Crippen molar-refractivity contribution >= 4 is 27.3 Å². The van der Waals surface area contributed by atoms with Crippen molar-refractivity contribution in [1.82, 2.24) is 5.32 Å². The molecule has 1 aliphatic rings. The molecule has 0 atom stereocenters. The van der Waals surface area contributed by atoms with E-state index in [-0.39, 0.29) is 0 Å². The van der Waals surface area contributed by atoms with Gasteiger partial charge >= 0.3 is 0 Å². The third kappa shape index (κ3) is 2.20. The van der Waals surface area contributed by atoms with Gasteiger partial charge in [-0.05, 0) is 60.8 Å². The van der Waals surface area contributed by atoms with Crippen molar-refractivity contribution in [3.05, 3.63) is 20.3 Å². The van der Waals surface area contributed by atoms with Crippen molar-refractivity contribution in [1.29, 1.82) is 0 Å². The number of halogens is 1. The van der Waals surface area contributed by atoms with Crippen molar-refractivity contribution in [2.45, 2.75) is 31.6 Å². The molecule has 1 aromatic heterocycles. The van der Waals surface area contributed by atoms with Gasteiger partial charge in [-0.15, -0.1) is 11.3 Å². The minimum absolute atomic E-state index is 0.859. The van der Waals surface area contributed by atoms with Crippen molar-refractivity contribution in [3.8, 4) is 0 Å². The van der Waals surface area contributed by atoms with Gasteiger partial charge in [0.15, 0.2) is 0 Å². The maximum atomic E-state index is 3.67. The van der Waals surface area contributed by atoms with Crippen molar-refractivity contribution in [2.24, 2.45) is 0 Å². The minimum atomic E-state index is 0.859. The Bertz CT molecular complexity index is 304. The Balaban J connectivity index is 2.04. The van der Waals surface area contributed by atoms with Crippen LogP contribution in [0, 0.1) is 0 Å². The molecule has 0 amide bonds. The predicted molar refractivity (Wildman–Crippen MR) is 66.2 cm³/mol. The smallest absolute Gasteiger partial charge is 0.0320 e. The number of rotatable bonds is 4. The fourth-order valence-electron chi connectivity index (χ4n) is 1.75. The highest BCUT2D eigenvalue weighted by atomic mass is 79.9. The van der Waals surface area contributed by atoms with Crippen LogP contribution in [0.2, 0.25) is 0 Å². The number of likely N-dealkylation sites (N-methyl/N-ethyl adjacent to an activating group) is 1. The highest BCUT2D eigenvalue weighted by Gasteiger charge is 2.23. The van der Waals surface area contributed by atoms with Crippen molar-refractivity contribution in [3.63, 3.8) is 0 Å². The molecule has 78 valence electrons. The second-order valence-electron chi connectivity index (χ2n) is 3.91. The summed E-state index contributed by atoms with van der Waals surface area (Å²) in [6.45, 7) is 1.08. The summed E-state index contributed by atoms with van der Waals surface area (Å²) < 4.78 is 1.35. The SMILES string of the molecule is CNCCc1cc(Br)c(C2CCC2)s1. The lowest BCUT2D eigenvalue weighted by Gasteiger charge is -2.24. The van der Waals surface area contributed by atoms with E-state index in [0.717, 1.165) is 18.9 Å². The molecule has 0 radical (unpaired) electrons. The van der Waals surface area contributed by atoms with Crippen LogP contribution in [0.1, 0.15) is 34.9 Å². The molecular formula is C11H16BrNS. The van der Waals surface area contributed by atoms with Crippen LogP contribution in [-0.4, -0.2) is 13.6 Å². The summed E-state index contributed by atoms with van der Waals surface area (Å²) in [5.74, 6) is 0.859. The Morgan fingerprint density at radius 3 is 2.93 bits per heavy atom. The van der Waals surface area contributed by atoms with Gasteiger partial charge in [-0.2, -0.15) is 0 Å². The van der Waals surface area contributed by atoms with Gasteiger partial charge in [0.1, 0.15) is 0 Å².